The fourth-order valence-electron chi connectivity index (χ4n) is 2.83. The average Bonchev–Trinajstić information content (AvgIpc) is 2.82. The first-order valence-corrected chi connectivity index (χ1v) is 7.03. The Hall–Kier alpha value is -1.85. The summed E-state index contributed by atoms with van der Waals surface area (Å²) in [5.41, 5.74) is -1.17. The van der Waals surface area contributed by atoms with Crippen molar-refractivity contribution in [1.29, 1.82) is 0 Å². The number of hydrogen-bond donors (Lipinski definition) is 2. The number of aliphatic carboxylic acids is 1. The zero-order valence-corrected chi connectivity index (χ0v) is 12.1. The maximum Gasteiger partial charge on any atom is 0.329 e. The average molecular weight is 279 g/mol. The molecule has 6 heteroatoms. The van der Waals surface area contributed by atoms with E-state index in [0.29, 0.717) is 31.0 Å². The molecule has 0 aliphatic carbocycles. The van der Waals surface area contributed by atoms with Crippen LogP contribution in [0.5, 0.6) is 0 Å². The van der Waals surface area contributed by atoms with Crippen LogP contribution < -0.4 is 10.5 Å². The molecule has 1 aliphatic rings. The number of rotatable bonds is 4. The van der Waals surface area contributed by atoms with Crippen LogP contribution in [0.15, 0.2) is 10.9 Å². The molecule has 1 unspecified atom stereocenters. The number of nitrogens with zero attached hydrogens (tertiary/aromatic N) is 2. The number of carboxylic acid groups (broad SMARTS) is 1. The lowest BCUT2D eigenvalue weighted by Crippen LogP contribution is -2.51. The highest BCUT2D eigenvalue weighted by molar-refractivity contribution is 5.84. The highest BCUT2D eigenvalue weighted by atomic mass is 16.4. The van der Waals surface area contributed by atoms with E-state index >= 15 is 0 Å². The van der Waals surface area contributed by atoms with Gasteiger partial charge in [0.2, 0.25) is 0 Å². The molecule has 0 amide bonds. The van der Waals surface area contributed by atoms with Gasteiger partial charge in [-0.1, -0.05) is 20.8 Å². The van der Waals surface area contributed by atoms with E-state index in [0.717, 1.165) is 6.42 Å². The third-order valence-electron chi connectivity index (χ3n) is 4.04. The van der Waals surface area contributed by atoms with Crippen LogP contribution in [0.4, 0.5) is 5.82 Å². The Labute approximate surface area is 117 Å². The fraction of sp³-hybridized carbons (Fsp3) is 0.643. The molecule has 2 N–H and O–H groups in total. The minimum absolute atomic E-state index is 0.0890. The van der Waals surface area contributed by atoms with Crippen LogP contribution >= 0.6 is 0 Å². The number of carbonyl (C=O) groups is 1. The lowest BCUT2D eigenvalue weighted by atomic mass is 9.93. The number of H-pyrrole nitrogens is 1. The molecule has 1 atom stereocenters. The molecular formula is C14H21N3O3. The van der Waals surface area contributed by atoms with E-state index in [-0.39, 0.29) is 11.5 Å². The van der Waals surface area contributed by atoms with Gasteiger partial charge in [-0.05, 0) is 19.3 Å². The summed E-state index contributed by atoms with van der Waals surface area (Å²) in [7, 11) is 0. The SMILES string of the molecule is CCC1(C(=O)O)CCCN1c1cc(=O)[nH]c(C(C)C)n1. The molecule has 0 saturated carbocycles. The minimum Gasteiger partial charge on any atom is -0.479 e. The van der Waals surface area contributed by atoms with E-state index in [9.17, 15) is 14.7 Å². The largest absolute Gasteiger partial charge is 0.479 e. The lowest BCUT2D eigenvalue weighted by Gasteiger charge is -2.34. The third-order valence-corrected chi connectivity index (χ3v) is 4.04. The van der Waals surface area contributed by atoms with Crippen molar-refractivity contribution < 1.29 is 9.90 Å². The first-order valence-electron chi connectivity index (χ1n) is 7.03. The van der Waals surface area contributed by atoms with Crippen molar-refractivity contribution in [2.45, 2.75) is 51.5 Å². The van der Waals surface area contributed by atoms with Crippen molar-refractivity contribution in [1.82, 2.24) is 9.97 Å². The van der Waals surface area contributed by atoms with Gasteiger partial charge in [0.1, 0.15) is 17.2 Å². The predicted molar refractivity (Wildman–Crippen MR) is 76.2 cm³/mol. The zero-order valence-electron chi connectivity index (χ0n) is 12.1. The Morgan fingerprint density at radius 2 is 2.30 bits per heavy atom. The Morgan fingerprint density at radius 3 is 2.85 bits per heavy atom. The summed E-state index contributed by atoms with van der Waals surface area (Å²) in [5.74, 6) is 0.311. The van der Waals surface area contributed by atoms with Crippen LogP contribution in [-0.2, 0) is 4.79 Å². The summed E-state index contributed by atoms with van der Waals surface area (Å²) < 4.78 is 0. The van der Waals surface area contributed by atoms with Crippen LogP contribution in [0.25, 0.3) is 0 Å². The smallest absolute Gasteiger partial charge is 0.329 e. The Bertz CT molecular complexity index is 567. The second-order valence-corrected chi connectivity index (χ2v) is 5.59. The van der Waals surface area contributed by atoms with Crippen molar-refractivity contribution in [3.8, 4) is 0 Å². The van der Waals surface area contributed by atoms with Crippen molar-refractivity contribution in [3.63, 3.8) is 0 Å². The number of aromatic nitrogens is 2. The van der Waals surface area contributed by atoms with E-state index < -0.39 is 11.5 Å². The molecule has 0 spiro atoms. The predicted octanol–water partition coefficient (Wildman–Crippen LogP) is 1.73. The van der Waals surface area contributed by atoms with Gasteiger partial charge in [0, 0.05) is 18.5 Å². The molecule has 1 saturated heterocycles. The quantitative estimate of drug-likeness (QED) is 0.876. The summed E-state index contributed by atoms with van der Waals surface area (Å²) >= 11 is 0. The number of hydrogen-bond acceptors (Lipinski definition) is 4. The van der Waals surface area contributed by atoms with Crippen LogP contribution in [0.3, 0.4) is 0 Å². The molecule has 0 bridgehead atoms. The van der Waals surface area contributed by atoms with Crippen molar-refractivity contribution in [3.05, 3.63) is 22.2 Å². The monoisotopic (exact) mass is 279 g/mol. The first-order chi connectivity index (χ1) is 9.40. The van der Waals surface area contributed by atoms with Gasteiger partial charge in [0.15, 0.2) is 0 Å². The second kappa shape index (κ2) is 5.26. The fourth-order valence-corrected chi connectivity index (χ4v) is 2.83. The molecule has 0 radical (unpaired) electrons. The van der Waals surface area contributed by atoms with Crippen molar-refractivity contribution in [2.24, 2.45) is 0 Å². The van der Waals surface area contributed by atoms with Gasteiger partial charge in [-0.3, -0.25) is 4.79 Å². The molecule has 1 fully saturated rings. The third kappa shape index (κ3) is 2.30. The van der Waals surface area contributed by atoms with Gasteiger partial charge in [-0.25, -0.2) is 9.78 Å². The molecule has 2 heterocycles. The summed E-state index contributed by atoms with van der Waals surface area (Å²) in [4.78, 5) is 32.4. The molecule has 110 valence electrons. The molecule has 1 aliphatic heterocycles. The number of anilines is 1. The highest BCUT2D eigenvalue weighted by Gasteiger charge is 2.47. The summed E-state index contributed by atoms with van der Waals surface area (Å²) in [5, 5.41) is 9.59. The van der Waals surface area contributed by atoms with Gasteiger partial charge in [0.25, 0.3) is 5.56 Å². The summed E-state index contributed by atoms with van der Waals surface area (Å²) in [6.07, 6.45) is 1.88. The Morgan fingerprint density at radius 1 is 1.60 bits per heavy atom. The van der Waals surface area contributed by atoms with Crippen LogP contribution in [0.2, 0.25) is 0 Å². The maximum absolute atomic E-state index is 11.8. The molecule has 6 nitrogen and oxygen atoms in total. The Balaban J connectivity index is 2.50. The molecule has 20 heavy (non-hydrogen) atoms. The standard InChI is InChI=1S/C14H21N3O3/c1-4-14(13(19)20)6-5-7-17(14)10-8-11(18)16-12(15-10)9(2)3/h8-9H,4-7H2,1-3H3,(H,19,20)(H,15,16,18). The zero-order chi connectivity index (χ0) is 14.9. The van der Waals surface area contributed by atoms with E-state index in [4.69, 9.17) is 0 Å². The summed E-state index contributed by atoms with van der Waals surface area (Å²) in [6.45, 7) is 6.36. The first kappa shape index (κ1) is 14.6. The maximum atomic E-state index is 11.8. The van der Waals surface area contributed by atoms with Crippen molar-refractivity contribution in [2.75, 3.05) is 11.4 Å². The van der Waals surface area contributed by atoms with Gasteiger partial charge < -0.3 is 15.0 Å². The minimum atomic E-state index is -0.935. The van der Waals surface area contributed by atoms with Gasteiger partial charge in [-0.2, -0.15) is 0 Å². The van der Waals surface area contributed by atoms with Crippen LogP contribution in [0.1, 0.15) is 51.8 Å². The normalized spacial score (nSPS) is 22.5. The number of aromatic amines is 1. The molecule has 1 aromatic rings. The summed E-state index contributed by atoms with van der Waals surface area (Å²) in [6, 6.07) is 1.39. The van der Waals surface area contributed by atoms with E-state index in [2.05, 4.69) is 9.97 Å². The van der Waals surface area contributed by atoms with Crippen LogP contribution in [0, 0.1) is 0 Å². The van der Waals surface area contributed by atoms with E-state index in [1.165, 1.54) is 6.07 Å². The van der Waals surface area contributed by atoms with Gasteiger partial charge >= 0.3 is 5.97 Å². The highest BCUT2D eigenvalue weighted by Crippen LogP contribution is 2.35. The lowest BCUT2D eigenvalue weighted by molar-refractivity contribution is -0.143. The molecule has 0 aromatic carbocycles. The number of nitrogens with one attached hydrogen (secondary N) is 1. The molecule has 1 aromatic heterocycles. The van der Waals surface area contributed by atoms with E-state index in [1.54, 1.807) is 4.90 Å². The molecular weight excluding hydrogens is 258 g/mol. The Kier molecular flexibility index (Phi) is 3.83. The molecule has 2 rings (SSSR count). The van der Waals surface area contributed by atoms with E-state index in [1.807, 2.05) is 20.8 Å². The van der Waals surface area contributed by atoms with Crippen LogP contribution in [-0.4, -0.2) is 33.1 Å². The second-order valence-electron chi connectivity index (χ2n) is 5.59. The number of carboxylic acids is 1. The topological polar surface area (TPSA) is 86.3 Å². The van der Waals surface area contributed by atoms with Gasteiger partial charge in [0.05, 0.1) is 0 Å². The van der Waals surface area contributed by atoms with Gasteiger partial charge in [-0.15, -0.1) is 0 Å². The van der Waals surface area contributed by atoms with Crippen molar-refractivity contribution >= 4 is 11.8 Å².